The number of carbonyl (C=O) groups excluding carboxylic acids is 1. The Kier molecular flexibility index (Phi) is 7.04. The normalized spacial score (nSPS) is 22.4. The Morgan fingerprint density at radius 3 is 2.28 bits per heavy atom. The van der Waals surface area contributed by atoms with Crippen molar-refractivity contribution in [1.82, 2.24) is 4.90 Å². The third kappa shape index (κ3) is 5.04. The van der Waals surface area contributed by atoms with E-state index in [9.17, 15) is 14.7 Å². The maximum atomic E-state index is 12.7. The molecular formula is C24H29NO4. The van der Waals surface area contributed by atoms with Crippen LogP contribution < -0.4 is 0 Å². The van der Waals surface area contributed by atoms with Gasteiger partial charge >= 0.3 is 11.9 Å². The highest BCUT2D eigenvalue weighted by Crippen LogP contribution is 2.41. The summed E-state index contributed by atoms with van der Waals surface area (Å²) in [5, 5.41) is 9.33. The first-order valence-electron chi connectivity index (χ1n) is 10.2. The average Bonchev–Trinajstić information content (AvgIpc) is 3.14. The average molecular weight is 395 g/mol. The van der Waals surface area contributed by atoms with Crippen LogP contribution in [0.15, 0.2) is 60.7 Å². The van der Waals surface area contributed by atoms with Gasteiger partial charge in [0.15, 0.2) is 0 Å². The van der Waals surface area contributed by atoms with Crippen LogP contribution in [-0.4, -0.2) is 35.1 Å². The third-order valence-corrected chi connectivity index (χ3v) is 6.08. The number of ether oxygens (including phenoxy) is 1. The van der Waals surface area contributed by atoms with E-state index in [1.807, 2.05) is 36.4 Å². The summed E-state index contributed by atoms with van der Waals surface area (Å²) in [5.74, 6) is -1.82. The molecule has 5 heteroatoms. The van der Waals surface area contributed by atoms with Crippen molar-refractivity contribution in [3.63, 3.8) is 0 Å². The summed E-state index contributed by atoms with van der Waals surface area (Å²) < 4.78 is 5.10. The highest BCUT2D eigenvalue weighted by Gasteiger charge is 2.46. The number of nitrogens with zero attached hydrogens (tertiary/aromatic N) is 1. The zero-order chi connectivity index (χ0) is 20.8. The van der Waals surface area contributed by atoms with Gasteiger partial charge in [-0.25, -0.2) is 0 Å². The van der Waals surface area contributed by atoms with E-state index in [0.717, 1.165) is 6.42 Å². The Labute approximate surface area is 172 Å². The van der Waals surface area contributed by atoms with Crippen molar-refractivity contribution in [2.45, 2.75) is 44.8 Å². The summed E-state index contributed by atoms with van der Waals surface area (Å²) >= 11 is 0. The van der Waals surface area contributed by atoms with E-state index >= 15 is 0 Å². The van der Waals surface area contributed by atoms with E-state index in [1.165, 1.54) is 18.2 Å². The van der Waals surface area contributed by atoms with Crippen molar-refractivity contribution >= 4 is 11.9 Å². The fraction of sp³-hybridized carbons (Fsp3) is 0.417. The van der Waals surface area contributed by atoms with E-state index in [2.05, 4.69) is 36.1 Å². The molecule has 0 spiro atoms. The molecule has 0 radical (unpaired) electrons. The highest BCUT2D eigenvalue weighted by molar-refractivity contribution is 5.76. The zero-order valence-electron chi connectivity index (χ0n) is 17.0. The summed E-state index contributed by atoms with van der Waals surface area (Å²) in [7, 11) is 1.39. The second-order valence-corrected chi connectivity index (χ2v) is 7.80. The molecule has 29 heavy (non-hydrogen) atoms. The molecule has 0 amide bonds. The SMILES string of the molecule is COC(=O)[C@H]1[C@H](CC(=O)O)CC[C@@H]1N(Cc1ccccc1)[C@@H](C)c1ccccc1. The van der Waals surface area contributed by atoms with E-state index in [-0.39, 0.29) is 30.4 Å². The lowest BCUT2D eigenvalue weighted by Crippen LogP contribution is -2.44. The molecule has 0 heterocycles. The number of rotatable bonds is 8. The van der Waals surface area contributed by atoms with E-state index in [4.69, 9.17) is 4.74 Å². The molecule has 3 rings (SSSR count). The first kappa shape index (κ1) is 21.1. The third-order valence-electron chi connectivity index (χ3n) is 6.08. The lowest BCUT2D eigenvalue weighted by atomic mass is 9.89. The van der Waals surface area contributed by atoms with E-state index in [0.29, 0.717) is 13.0 Å². The predicted octanol–water partition coefficient (Wildman–Crippen LogP) is 4.29. The first-order valence-corrected chi connectivity index (χ1v) is 10.2. The minimum absolute atomic E-state index is 0.00480. The molecule has 0 aromatic heterocycles. The Balaban J connectivity index is 1.95. The van der Waals surface area contributed by atoms with Crippen molar-refractivity contribution in [3.8, 4) is 0 Å². The Hall–Kier alpha value is -2.66. The fourth-order valence-electron chi connectivity index (χ4n) is 4.63. The maximum Gasteiger partial charge on any atom is 0.310 e. The standard InChI is InChI=1S/C24H29NO4/c1-17(19-11-7-4-8-12-19)25(16-18-9-5-3-6-10-18)21-14-13-20(15-22(26)27)23(21)24(28)29-2/h3-12,17,20-21,23H,13-16H2,1-2H3,(H,26,27)/t17-,20-,21-,23-/m0/s1. The molecule has 0 aliphatic heterocycles. The van der Waals surface area contributed by atoms with Crippen LogP contribution in [0, 0.1) is 11.8 Å². The van der Waals surface area contributed by atoms with Crippen molar-refractivity contribution < 1.29 is 19.4 Å². The summed E-state index contributed by atoms with van der Waals surface area (Å²) in [6.45, 7) is 2.84. The molecule has 154 valence electrons. The first-order chi connectivity index (χ1) is 14.0. The minimum atomic E-state index is -0.865. The highest BCUT2D eigenvalue weighted by atomic mass is 16.5. The Morgan fingerprint density at radius 2 is 1.69 bits per heavy atom. The van der Waals surface area contributed by atoms with Gasteiger partial charge < -0.3 is 9.84 Å². The maximum absolute atomic E-state index is 12.7. The summed E-state index contributed by atoms with van der Waals surface area (Å²) in [5.41, 5.74) is 2.34. The van der Waals surface area contributed by atoms with Crippen molar-refractivity contribution in [3.05, 3.63) is 71.8 Å². The molecule has 1 saturated carbocycles. The number of hydrogen-bond donors (Lipinski definition) is 1. The summed E-state index contributed by atoms with van der Waals surface area (Å²) in [6, 6.07) is 20.4. The molecule has 0 bridgehead atoms. The number of carbonyl (C=O) groups is 2. The molecule has 1 fully saturated rings. The molecule has 0 unspecified atom stereocenters. The van der Waals surface area contributed by atoms with Gasteiger partial charge in [0.05, 0.1) is 13.0 Å². The number of benzene rings is 2. The molecule has 4 atom stereocenters. The van der Waals surface area contributed by atoms with Gasteiger partial charge in [-0.3, -0.25) is 14.5 Å². The number of aliphatic carboxylic acids is 1. The number of methoxy groups -OCH3 is 1. The second kappa shape index (κ2) is 9.70. The van der Waals surface area contributed by atoms with Gasteiger partial charge in [-0.05, 0) is 36.8 Å². The zero-order valence-corrected chi connectivity index (χ0v) is 17.0. The second-order valence-electron chi connectivity index (χ2n) is 7.80. The molecule has 2 aromatic rings. The molecule has 2 aromatic carbocycles. The van der Waals surface area contributed by atoms with Crippen LogP contribution in [0.25, 0.3) is 0 Å². The number of esters is 1. The molecular weight excluding hydrogens is 366 g/mol. The molecule has 1 N–H and O–H groups in total. The fourth-order valence-corrected chi connectivity index (χ4v) is 4.63. The van der Waals surface area contributed by atoms with Crippen LogP contribution in [0.5, 0.6) is 0 Å². The van der Waals surface area contributed by atoms with Gasteiger partial charge in [0.2, 0.25) is 0 Å². The Bertz CT molecular complexity index is 808. The lowest BCUT2D eigenvalue weighted by molar-refractivity contribution is -0.150. The summed E-state index contributed by atoms with van der Waals surface area (Å²) in [4.78, 5) is 26.4. The molecule has 5 nitrogen and oxygen atoms in total. The summed E-state index contributed by atoms with van der Waals surface area (Å²) in [6.07, 6.45) is 1.49. The number of carboxylic acids is 1. The van der Waals surface area contributed by atoms with E-state index in [1.54, 1.807) is 0 Å². The van der Waals surface area contributed by atoms with Crippen LogP contribution in [0.1, 0.15) is 43.4 Å². The van der Waals surface area contributed by atoms with Crippen LogP contribution in [0.4, 0.5) is 0 Å². The Morgan fingerprint density at radius 1 is 1.07 bits per heavy atom. The lowest BCUT2D eigenvalue weighted by Gasteiger charge is -2.38. The van der Waals surface area contributed by atoms with Gasteiger partial charge in [-0.15, -0.1) is 0 Å². The monoisotopic (exact) mass is 395 g/mol. The van der Waals surface area contributed by atoms with Crippen LogP contribution in [0.3, 0.4) is 0 Å². The van der Waals surface area contributed by atoms with Gasteiger partial charge in [0.1, 0.15) is 0 Å². The molecule has 1 aliphatic rings. The predicted molar refractivity (Wildman–Crippen MR) is 111 cm³/mol. The van der Waals surface area contributed by atoms with Crippen LogP contribution in [0.2, 0.25) is 0 Å². The topological polar surface area (TPSA) is 66.8 Å². The quantitative estimate of drug-likeness (QED) is 0.676. The number of carboxylic acid groups (broad SMARTS) is 1. The van der Waals surface area contributed by atoms with Gasteiger partial charge in [-0.2, -0.15) is 0 Å². The smallest absolute Gasteiger partial charge is 0.310 e. The van der Waals surface area contributed by atoms with Crippen molar-refractivity contribution in [1.29, 1.82) is 0 Å². The van der Waals surface area contributed by atoms with Gasteiger partial charge in [0.25, 0.3) is 0 Å². The molecule has 1 aliphatic carbocycles. The van der Waals surface area contributed by atoms with Crippen LogP contribution >= 0.6 is 0 Å². The van der Waals surface area contributed by atoms with Crippen molar-refractivity contribution in [2.24, 2.45) is 11.8 Å². The largest absolute Gasteiger partial charge is 0.481 e. The van der Waals surface area contributed by atoms with Crippen molar-refractivity contribution in [2.75, 3.05) is 7.11 Å². The molecule has 0 saturated heterocycles. The van der Waals surface area contributed by atoms with E-state index < -0.39 is 11.9 Å². The van der Waals surface area contributed by atoms with Gasteiger partial charge in [0, 0.05) is 25.0 Å². The number of hydrogen-bond acceptors (Lipinski definition) is 4. The minimum Gasteiger partial charge on any atom is -0.481 e. The van der Waals surface area contributed by atoms with Crippen LogP contribution in [-0.2, 0) is 20.9 Å². The van der Waals surface area contributed by atoms with Gasteiger partial charge in [-0.1, -0.05) is 60.7 Å².